The predicted octanol–water partition coefficient (Wildman–Crippen LogP) is 5.66. The molecule has 0 aliphatic carbocycles. The van der Waals surface area contributed by atoms with E-state index in [0.717, 1.165) is 37.3 Å². The molecule has 0 amide bonds. The first-order chi connectivity index (χ1) is 14.0. The van der Waals surface area contributed by atoms with Crippen LogP contribution in [0, 0.1) is 0 Å². The molecule has 0 saturated heterocycles. The van der Waals surface area contributed by atoms with Crippen molar-refractivity contribution in [2.75, 3.05) is 0 Å². The number of cyclic esters (lactones) is 2. The van der Waals surface area contributed by atoms with Crippen LogP contribution in [0.3, 0.4) is 0 Å². The van der Waals surface area contributed by atoms with Gasteiger partial charge in [-0.3, -0.25) is 0 Å². The molecule has 0 unspecified atom stereocenters. The fourth-order valence-electron chi connectivity index (χ4n) is 3.91. The van der Waals surface area contributed by atoms with Crippen LogP contribution < -0.4 is 0 Å². The zero-order valence-corrected chi connectivity index (χ0v) is 18.4. The first-order valence-electron chi connectivity index (χ1n) is 9.04. The number of nitrogens with zero attached hydrogens (tertiary/aromatic N) is 1. The highest BCUT2D eigenvalue weighted by atomic mass is 79.9. The Balaban J connectivity index is 1.86. The van der Waals surface area contributed by atoms with Gasteiger partial charge in [-0.05, 0) is 43.3 Å². The second kappa shape index (κ2) is 6.71. The lowest BCUT2D eigenvalue weighted by molar-refractivity contribution is -0.149. The van der Waals surface area contributed by atoms with E-state index in [9.17, 15) is 9.59 Å². The minimum absolute atomic E-state index is 0.287. The third-order valence-corrected chi connectivity index (χ3v) is 6.20. The zero-order valence-electron chi connectivity index (χ0n) is 15.3. The van der Waals surface area contributed by atoms with Gasteiger partial charge in [0.15, 0.2) is 0 Å². The summed E-state index contributed by atoms with van der Waals surface area (Å²) < 4.78 is 8.91. The summed E-state index contributed by atoms with van der Waals surface area (Å²) in [5.74, 6) is -1.25. The van der Waals surface area contributed by atoms with Crippen LogP contribution in [-0.4, -0.2) is 21.5 Å². The van der Waals surface area contributed by atoms with E-state index >= 15 is 0 Å². The molecule has 1 aliphatic rings. The van der Waals surface area contributed by atoms with Crippen molar-refractivity contribution in [2.24, 2.45) is 0 Å². The summed E-state index contributed by atoms with van der Waals surface area (Å²) in [5.41, 5.74) is 3.80. The molecule has 4 aromatic rings. The summed E-state index contributed by atoms with van der Waals surface area (Å²) in [7, 11) is 0. The maximum Gasteiger partial charge on any atom is 0.347 e. The van der Waals surface area contributed by atoms with E-state index in [2.05, 4.69) is 41.4 Å². The molecule has 0 spiro atoms. The number of hydrogen-bond acceptors (Lipinski definition) is 3. The van der Waals surface area contributed by atoms with E-state index in [0.29, 0.717) is 16.7 Å². The Bertz CT molecular complexity index is 1380. The molecule has 1 N–H and O–H groups in total. The Morgan fingerprint density at radius 3 is 2.31 bits per heavy atom. The van der Waals surface area contributed by atoms with Crippen LogP contribution in [0.1, 0.15) is 18.1 Å². The number of ether oxygens (including phenoxy) is 1. The van der Waals surface area contributed by atoms with Gasteiger partial charge in [0.05, 0.1) is 11.1 Å². The number of rotatable bonds is 3. The van der Waals surface area contributed by atoms with E-state index < -0.39 is 11.9 Å². The standard InChI is InChI=1S/C22H14Br2N2O3/c1-2-26-10-16(14-8-12(24)4-6-18(14)26)20-19(21(27)29-22(20)28)15-9-25-17-5-3-11(23)7-13(15)17/h3-10,25H,2H2,1H3. The van der Waals surface area contributed by atoms with Crippen LogP contribution >= 0.6 is 31.9 Å². The van der Waals surface area contributed by atoms with Crippen molar-refractivity contribution < 1.29 is 14.3 Å². The summed E-state index contributed by atoms with van der Waals surface area (Å²) in [4.78, 5) is 28.7. The van der Waals surface area contributed by atoms with Crippen molar-refractivity contribution in [3.05, 3.63) is 68.9 Å². The van der Waals surface area contributed by atoms with Crippen molar-refractivity contribution in [1.29, 1.82) is 0 Å². The van der Waals surface area contributed by atoms with Gasteiger partial charge in [-0.2, -0.15) is 0 Å². The second-order valence-electron chi connectivity index (χ2n) is 6.81. The number of carbonyl (C=O) groups excluding carboxylic acids is 2. The molecule has 0 bridgehead atoms. The molecule has 7 heteroatoms. The highest BCUT2D eigenvalue weighted by Crippen LogP contribution is 2.41. The number of carbonyl (C=O) groups is 2. The average Bonchev–Trinajstić information content (AvgIpc) is 3.34. The first-order valence-corrected chi connectivity index (χ1v) is 10.6. The molecule has 5 nitrogen and oxygen atoms in total. The molecule has 144 valence electrons. The Morgan fingerprint density at radius 1 is 0.931 bits per heavy atom. The number of aromatic nitrogens is 2. The number of esters is 2. The number of H-pyrrole nitrogens is 1. The smallest absolute Gasteiger partial charge is 0.347 e. The van der Waals surface area contributed by atoms with Gasteiger partial charge in [0.25, 0.3) is 0 Å². The molecular weight excluding hydrogens is 500 g/mol. The Kier molecular flexibility index (Phi) is 4.26. The molecule has 5 rings (SSSR count). The molecule has 0 fully saturated rings. The van der Waals surface area contributed by atoms with Gasteiger partial charge in [-0.1, -0.05) is 31.9 Å². The van der Waals surface area contributed by atoms with Gasteiger partial charge in [-0.25, -0.2) is 9.59 Å². The van der Waals surface area contributed by atoms with Crippen molar-refractivity contribution in [1.82, 2.24) is 9.55 Å². The summed E-state index contributed by atoms with van der Waals surface area (Å²) in [6.45, 7) is 2.78. The van der Waals surface area contributed by atoms with Crippen molar-refractivity contribution in [3.63, 3.8) is 0 Å². The predicted molar refractivity (Wildman–Crippen MR) is 119 cm³/mol. The van der Waals surface area contributed by atoms with E-state index in [1.165, 1.54) is 0 Å². The molecule has 2 aromatic carbocycles. The summed E-state index contributed by atoms with van der Waals surface area (Å²) in [6.07, 6.45) is 3.66. The molecular formula is C22H14Br2N2O3. The summed E-state index contributed by atoms with van der Waals surface area (Å²) in [5, 5.41) is 1.74. The van der Waals surface area contributed by atoms with Gasteiger partial charge < -0.3 is 14.3 Å². The summed E-state index contributed by atoms with van der Waals surface area (Å²) >= 11 is 6.99. The van der Waals surface area contributed by atoms with Crippen molar-refractivity contribution >= 4 is 76.8 Å². The van der Waals surface area contributed by atoms with Gasteiger partial charge in [0.1, 0.15) is 0 Å². The zero-order chi connectivity index (χ0) is 20.3. The average molecular weight is 514 g/mol. The first kappa shape index (κ1) is 18.4. The van der Waals surface area contributed by atoms with Gasteiger partial charge in [0.2, 0.25) is 0 Å². The van der Waals surface area contributed by atoms with Crippen molar-refractivity contribution in [2.45, 2.75) is 13.5 Å². The lowest BCUT2D eigenvalue weighted by Crippen LogP contribution is -2.01. The SMILES string of the molecule is CCn1cc(C2=C(c3c[nH]c4ccc(Br)cc34)C(=O)OC2=O)c2cc(Br)ccc21. The topological polar surface area (TPSA) is 64.1 Å². The quantitative estimate of drug-likeness (QED) is 0.284. The van der Waals surface area contributed by atoms with Crippen LogP contribution in [0.2, 0.25) is 0 Å². The van der Waals surface area contributed by atoms with Crippen LogP contribution in [0.15, 0.2) is 57.7 Å². The number of nitrogens with one attached hydrogen (secondary N) is 1. The number of aromatic amines is 1. The number of fused-ring (bicyclic) bond motifs is 2. The van der Waals surface area contributed by atoms with E-state index in [4.69, 9.17) is 4.74 Å². The summed E-state index contributed by atoms with van der Waals surface area (Å²) in [6, 6.07) is 11.7. The third-order valence-electron chi connectivity index (χ3n) is 5.21. The highest BCUT2D eigenvalue weighted by molar-refractivity contribution is 9.10. The van der Waals surface area contributed by atoms with Crippen molar-refractivity contribution in [3.8, 4) is 0 Å². The maximum atomic E-state index is 12.8. The molecule has 0 saturated carbocycles. The van der Waals surface area contributed by atoms with E-state index in [-0.39, 0.29) is 5.57 Å². The minimum Gasteiger partial charge on any atom is -0.386 e. The molecule has 0 radical (unpaired) electrons. The molecule has 2 aromatic heterocycles. The number of hydrogen-bond donors (Lipinski definition) is 1. The molecule has 0 atom stereocenters. The largest absolute Gasteiger partial charge is 0.386 e. The number of aryl methyl sites for hydroxylation is 1. The lowest BCUT2D eigenvalue weighted by Gasteiger charge is -2.02. The van der Waals surface area contributed by atoms with E-state index in [1.807, 2.05) is 49.5 Å². The third kappa shape index (κ3) is 2.80. The highest BCUT2D eigenvalue weighted by Gasteiger charge is 2.37. The van der Waals surface area contributed by atoms with Crippen LogP contribution in [0.4, 0.5) is 0 Å². The fourth-order valence-corrected chi connectivity index (χ4v) is 4.63. The van der Waals surface area contributed by atoms with Crippen LogP contribution in [0.25, 0.3) is 33.0 Å². The van der Waals surface area contributed by atoms with E-state index in [1.54, 1.807) is 6.20 Å². The monoisotopic (exact) mass is 512 g/mol. The maximum absolute atomic E-state index is 12.8. The number of halogens is 2. The Hall–Kier alpha value is -2.64. The Labute approximate surface area is 182 Å². The fraction of sp³-hybridized carbons (Fsp3) is 0.0909. The molecule has 3 heterocycles. The second-order valence-corrected chi connectivity index (χ2v) is 8.64. The number of benzene rings is 2. The minimum atomic E-state index is -0.627. The van der Waals surface area contributed by atoms with Crippen LogP contribution in [-0.2, 0) is 20.9 Å². The van der Waals surface area contributed by atoms with Gasteiger partial charge >= 0.3 is 11.9 Å². The molecule has 1 aliphatic heterocycles. The van der Waals surface area contributed by atoms with Gasteiger partial charge in [0, 0.05) is 60.8 Å². The Morgan fingerprint density at radius 2 is 1.59 bits per heavy atom. The van der Waals surface area contributed by atoms with Crippen LogP contribution in [0.5, 0.6) is 0 Å². The normalized spacial score (nSPS) is 14.4. The lowest BCUT2D eigenvalue weighted by atomic mass is 9.95. The van der Waals surface area contributed by atoms with Gasteiger partial charge in [-0.15, -0.1) is 0 Å². The molecule has 29 heavy (non-hydrogen) atoms.